The molecule has 0 aromatic heterocycles. The summed E-state index contributed by atoms with van der Waals surface area (Å²) >= 11 is 3.44. The molecule has 0 aliphatic rings. The Bertz CT molecular complexity index is 667. The number of benzene rings is 2. The summed E-state index contributed by atoms with van der Waals surface area (Å²) in [6.07, 6.45) is 0. The quantitative estimate of drug-likeness (QED) is 0.883. The Labute approximate surface area is 131 Å². The van der Waals surface area contributed by atoms with Crippen molar-refractivity contribution < 1.29 is 19.4 Å². The zero-order valence-corrected chi connectivity index (χ0v) is 13.3. The molecule has 1 N–H and O–H groups in total. The predicted octanol–water partition coefficient (Wildman–Crippen LogP) is 4.04. The molecule has 2 aromatic rings. The number of hydrogen-bond donors (Lipinski definition) is 1. The molecule has 0 unspecified atom stereocenters. The van der Waals surface area contributed by atoms with Gasteiger partial charge in [-0.25, -0.2) is 4.79 Å². The second-order valence-corrected chi connectivity index (χ2v) is 5.41. The van der Waals surface area contributed by atoms with E-state index >= 15 is 0 Å². The number of hydrogen-bond acceptors (Lipinski definition) is 3. The monoisotopic (exact) mass is 350 g/mol. The van der Waals surface area contributed by atoms with Gasteiger partial charge < -0.3 is 14.6 Å². The van der Waals surface area contributed by atoms with Crippen LogP contribution in [0.5, 0.6) is 11.5 Å². The lowest BCUT2D eigenvalue weighted by Gasteiger charge is -2.12. The summed E-state index contributed by atoms with van der Waals surface area (Å²) in [5.41, 5.74) is 1.98. The molecule has 110 valence electrons. The van der Waals surface area contributed by atoms with E-state index in [1.165, 1.54) is 0 Å². The van der Waals surface area contributed by atoms with E-state index in [-0.39, 0.29) is 12.2 Å². The highest BCUT2D eigenvalue weighted by atomic mass is 79.9. The zero-order chi connectivity index (χ0) is 15.4. The maximum atomic E-state index is 11.2. The van der Waals surface area contributed by atoms with Gasteiger partial charge in [0.05, 0.1) is 7.11 Å². The van der Waals surface area contributed by atoms with Crippen LogP contribution in [0.2, 0.25) is 0 Å². The maximum absolute atomic E-state index is 11.2. The molecular weight excluding hydrogens is 336 g/mol. The highest BCUT2D eigenvalue weighted by Crippen LogP contribution is 2.26. The van der Waals surface area contributed by atoms with E-state index in [1.807, 2.05) is 25.1 Å². The van der Waals surface area contributed by atoms with Crippen molar-refractivity contribution >= 4 is 21.9 Å². The van der Waals surface area contributed by atoms with E-state index in [4.69, 9.17) is 9.47 Å². The molecule has 0 spiro atoms. The molecule has 0 aliphatic heterocycles. The standard InChI is InChI=1S/C16H15BrO4/c1-10-3-5-13(16(18)19)15(7-10)21-9-11-8-12(20-2)4-6-14(11)17/h3-8H,9H2,1-2H3,(H,18,19). The minimum atomic E-state index is -1.00. The third-order valence-electron chi connectivity index (χ3n) is 3.00. The number of carbonyl (C=O) groups is 1. The largest absolute Gasteiger partial charge is 0.497 e. The van der Waals surface area contributed by atoms with Crippen molar-refractivity contribution in [2.24, 2.45) is 0 Å². The van der Waals surface area contributed by atoms with Gasteiger partial charge in [0, 0.05) is 10.0 Å². The second-order valence-electron chi connectivity index (χ2n) is 4.55. The molecule has 0 fully saturated rings. The first-order valence-corrected chi connectivity index (χ1v) is 7.09. The molecule has 0 heterocycles. The van der Waals surface area contributed by atoms with E-state index in [0.717, 1.165) is 21.3 Å². The molecule has 2 rings (SSSR count). The van der Waals surface area contributed by atoms with Crippen LogP contribution >= 0.6 is 15.9 Å². The number of methoxy groups -OCH3 is 1. The molecule has 0 amide bonds. The summed E-state index contributed by atoms with van der Waals surface area (Å²) in [6, 6.07) is 10.6. The summed E-state index contributed by atoms with van der Waals surface area (Å²) in [4.78, 5) is 11.2. The van der Waals surface area contributed by atoms with Crippen molar-refractivity contribution in [3.8, 4) is 11.5 Å². The van der Waals surface area contributed by atoms with Gasteiger partial charge in [-0.3, -0.25) is 0 Å². The van der Waals surface area contributed by atoms with Crippen molar-refractivity contribution in [3.63, 3.8) is 0 Å². The van der Waals surface area contributed by atoms with Gasteiger partial charge in [0.15, 0.2) is 0 Å². The Morgan fingerprint density at radius 2 is 2.00 bits per heavy atom. The third kappa shape index (κ3) is 3.76. The SMILES string of the molecule is COc1ccc(Br)c(COc2cc(C)ccc2C(=O)O)c1. The highest BCUT2D eigenvalue weighted by molar-refractivity contribution is 9.10. The van der Waals surface area contributed by atoms with Gasteiger partial charge in [0.2, 0.25) is 0 Å². The van der Waals surface area contributed by atoms with Gasteiger partial charge in [-0.15, -0.1) is 0 Å². The number of carboxylic acids is 1. The minimum absolute atomic E-state index is 0.152. The fourth-order valence-electron chi connectivity index (χ4n) is 1.87. The van der Waals surface area contributed by atoms with E-state index in [9.17, 15) is 9.90 Å². The fraction of sp³-hybridized carbons (Fsp3) is 0.188. The summed E-state index contributed by atoms with van der Waals surface area (Å²) in [7, 11) is 1.59. The van der Waals surface area contributed by atoms with Crippen LogP contribution in [0.1, 0.15) is 21.5 Å². The number of ether oxygens (including phenoxy) is 2. The Morgan fingerprint density at radius 1 is 1.24 bits per heavy atom. The maximum Gasteiger partial charge on any atom is 0.339 e. The van der Waals surface area contributed by atoms with Crippen molar-refractivity contribution in [2.45, 2.75) is 13.5 Å². The molecular formula is C16H15BrO4. The molecule has 2 aromatic carbocycles. The van der Waals surface area contributed by atoms with Crippen LogP contribution in [0.3, 0.4) is 0 Å². The van der Waals surface area contributed by atoms with Crippen molar-refractivity contribution in [2.75, 3.05) is 7.11 Å². The lowest BCUT2D eigenvalue weighted by molar-refractivity contribution is 0.0691. The summed E-state index contributed by atoms with van der Waals surface area (Å²) in [5.74, 6) is 0.0754. The molecule has 0 aliphatic carbocycles. The lowest BCUT2D eigenvalue weighted by Crippen LogP contribution is -2.04. The van der Waals surface area contributed by atoms with Crippen molar-refractivity contribution in [1.82, 2.24) is 0 Å². The lowest BCUT2D eigenvalue weighted by atomic mass is 10.1. The number of aromatic carboxylic acids is 1. The van der Waals surface area contributed by atoms with Crippen LogP contribution in [0.25, 0.3) is 0 Å². The van der Waals surface area contributed by atoms with Gasteiger partial charge in [0.1, 0.15) is 23.7 Å². The Balaban J connectivity index is 2.24. The van der Waals surface area contributed by atoms with Gasteiger partial charge in [-0.2, -0.15) is 0 Å². The summed E-state index contributed by atoms with van der Waals surface area (Å²) in [6.45, 7) is 2.14. The molecule has 0 saturated heterocycles. The average Bonchev–Trinajstić information content (AvgIpc) is 2.46. The van der Waals surface area contributed by atoms with Gasteiger partial charge >= 0.3 is 5.97 Å². The fourth-order valence-corrected chi connectivity index (χ4v) is 2.23. The molecule has 0 atom stereocenters. The number of halogens is 1. The van der Waals surface area contributed by atoms with Crippen LogP contribution < -0.4 is 9.47 Å². The highest BCUT2D eigenvalue weighted by Gasteiger charge is 2.12. The number of carboxylic acid groups (broad SMARTS) is 1. The first-order chi connectivity index (χ1) is 10.0. The van der Waals surface area contributed by atoms with Crippen LogP contribution in [0.4, 0.5) is 0 Å². The third-order valence-corrected chi connectivity index (χ3v) is 3.78. The van der Waals surface area contributed by atoms with Crippen molar-refractivity contribution in [1.29, 1.82) is 0 Å². The smallest absolute Gasteiger partial charge is 0.339 e. The first kappa shape index (κ1) is 15.4. The Hall–Kier alpha value is -2.01. The molecule has 5 heteroatoms. The summed E-state index contributed by atoms with van der Waals surface area (Å²) < 4.78 is 11.7. The minimum Gasteiger partial charge on any atom is -0.497 e. The topological polar surface area (TPSA) is 55.8 Å². The van der Waals surface area contributed by atoms with E-state index in [2.05, 4.69) is 15.9 Å². The van der Waals surface area contributed by atoms with Crippen LogP contribution in [0.15, 0.2) is 40.9 Å². The Morgan fingerprint density at radius 3 is 2.67 bits per heavy atom. The molecule has 0 bridgehead atoms. The van der Waals surface area contributed by atoms with Gasteiger partial charge in [-0.1, -0.05) is 22.0 Å². The van der Waals surface area contributed by atoms with E-state index < -0.39 is 5.97 Å². The molecule has 4 nitrogen and oxygen atoms in total. The van der Waals surface area contributed by atoms with Crippen LogP contribution in [-0.2, 0) is 6.61 Å². The van der Waals surface area contributed by atoms with Crippen LogP contribution in [0, 0.1) is 6.92 Å². The molecule has 0 radical (unpaired) electrons. The number of aryl methyl sites for hydroxylation is 1. The summed E-state index contributed by atoms with van der Waals surface area (Å²) in [5, 5.41) is 9.18. The van der Waals surface area contributed by atoms with Gasteiger partial charge in [0.25, 0.3) is 0 Å². The van der Waals surface area contributed by atoms with E-state index in [1.54, 1.807) is 25.3 Å². The second kappa shape index (κ2) is 6.63. The van der Waals surface area contributed by atoms with E-state index in [0.29, 0.717) is 5.75 Å². The molecule has 0 saturated carbocycles. The molecule has 21 heavy (non-hydrogen) atoms. The van der Waals surface area contributed by atoms with Gasteiger partial charge in [-0.05, 0) is 42.8 Å². The van der Waals surface area contributed by atoms with Crippen molar-refractivity contribution in [3.05, 3.63) is 57.6 Å². The Kier molecular flexibility index (Phi) is 4.85. The predicted molar refractivity (Wildman–Crippen MR) is 83.2 cm³/mol. The first-order valence-electron chi connectivity index (χ1n) is 6.30. The zero-order valence-electron chi connectivity index (χ0n) is 11.7. The average molecular weight is 351 g/mol. The number of rotatable bonds is 5. The van der Waals surface area contributed by atoms with Crippen LogP contribution in [-0.4, -0.2) is 18.2 Å². The normalized spacial score (nSPS) is 10.2.